The van der Waals surface area contributed by atoms with Gasteiger partial charge in [0, 0.05) is 32.0 Å². The third-order valence-electron chi connectivity index (χ3n) is 2.74. The minimum atomic E-state index is -0.859. The summed E-state index contributed by atoms with van der Waals surface area (Å²) in [4.78, 5) is 11.3. The maximum atomic E-state index is 11.3. The second-order valence-electron chi connectivity index (χ2n) is 4.19. The maximum Gasteiger partial charge on any atom is 0.311 e. The van der Waals surface area contributed by atoms with Gasteiger partial charge in [0.1, 0.15) is 0 Å². The first-order chi connectivity index (χ1) is 9.15. The molecule has 0 aliphatic rings. The summed E-state index contributed by atoms with van der Waals surface area (Å²) in [6.07, 6.45) is 1.24. The summed E-state index contributed by atoms with van der Waals surface area (Å²) in [5.41, 5.74) is 0.709. The van der Waals surface area contributed by atoms with Crippen molar-refractivity contribution in [3.63, 3.8) is 0 Å². The van der Waals surface area contributed by atoms with Gasteiger partial charge < -0.3 is 14.6 Å². The Labute approximate surface area is 118 Å². The van der Waals surface area contributed by atoms with E-state index in [-0.39, 0.29) is 0 Å². The lowest BCUT2D eigenvalue weighted by atomic mass is 9.96. The summed E-state index contributed by atoms with van der Waals surface area (Å²) < 4.78 is 10.3. The lowest BCUT2D eigenvalue weighted by molar-refractivity contribution is -0.139. The molecule has 0 saturated carbocycles. The molecule has 5 heteroatoms. The number of halogens is 1. The zero-order valence-corrected chi connectivity index (χ0v) is 11.7. The highest BCUT2D eigenvalue weighted by Crippen LogP contribution is 2.23. The quantitative estimate of drug-likeness (QED) is 0.709. The molecule has 0 radical (unpaired) electrons. The van der Waals surface area contributed by atoms with Crippen molar-refractivity contribution in [1.82, 2.24) is 0 Å². The van der Waals surface area contributed by atoms with E-state index in [1.807, 2.05) is 0 Å². The number of carbonyl (C=O) groups is 1. The van der Waals surface area contributed by atoms with Gasteiger partial charge in [0.25, 0.3) is 0 Å². The van der Waals surface area contributed by atoms with E-state index in [2.05, 4.69) is 0 Å². The summed E-state index contributed by atoms with van der Waals surface area (Å²) in [7, 11) is 1.64. The first-order valence-corrected chi connectivity index (χ1v) is 6.58. The molecule has 0 spiro atoms. The molecule has 0 fully saturated rings. The van der Waals surface area contributed by atoms with Crippen LogP contribution in [0, 0.1) is 0 Å². The van der Waals surface area contributed by atoms with Crippen molar-refractivity contribution in [1.29, 1.82) is 0 Å². The molecule has 19 heavy (non-hydrogen) atoms. The number of carboxylic acids is 1. The Morgan fingerprint density at radius 2 is 2.16 bits per heavy atom. The molecule has 1 unspecified atom stereocenters. The van der Waals surface area contributed by atoms with Gasteiger partial charge in [-0.2, -0.15) is 0 Å². The normalized spacial score (nSPS) is 12.3. The van der Waals surface area contributed by atoms with E-state index in [1.165, 1.54) is 0 Å². The molecule has 0 amide bonds. The topological polar surface area (TPSA) is 55.8 Å². The van der Waals surface area contributed by atoms with Gasteiger partial charge in [0.05, 0.1) is 5.92 Å². The van der Waals surface area contributed by atoms with Crippen molar-refractivity contribution in [3.05, 3.63) is 34.9 Å². The van der Waals surface area contributed by atoms with Crippen LogP contribution in [0.4, 0.5) is 0 Å². The molecule has 1 N–H and O–H groups in total. The second-order valence-corrected chi connectivity index (χ2v) is 4.63. The number of hydrogen-bond donors (Lipinski definition) is 1. The average molecular weight is 287 g/mol. The van der Waals surface area contributed by atoms with Crippen LogP contribution in [-0.4, -0.2) is 38.0 Å². The van der Waals surface area contributed by atoms with Crippen molar-refractivity contribution >= 4 is 17.6 Å². The fraction of sp³-hybridized carbons (Fsp3) is 0.500. The molecule has 0 saturated heterocycles. The first kappa shape index (κ1) is 16.0. The van der Waals surface area contributed by atoms with Gasteiger partial charge in [-0.1, -0.05) is 23.7 Å². The summed E-state index contributed by atoms with van der Waals surface area (Å²) in [6.45, 7) is 1.64. The van der Waals surface area contributed by atoms with E-state index in [4.69, 9.17) is 21.1 Å². The van der Waals surface area contributed by atoms with E-state index in [0.717, 1.165) is 6.42 Å². The van der Waals surface area contributed by atoms with Gasteiger partial charge in [0.15, 0.2) is 0 Å². The zero-order chi connectivity index (χ0) is 14.1. The van der Waals surface area contributed by atoms with E-state index >= 15 is 0 Å². The van der Waals surface area contributed by atoms with Gasteiger partial charge in [-0.3, -0.25) is 4.79 Å². The van der Waals surface area contributed by atoms with E-state index in [9.17, 15) is 9.90 Å². The Morgan fingerprint density at radius 1 is 1.37 bits per heavy atom. The molecular weight excluding hydrogens is 268 g/mol. The molecule has 0 aliphatic carbocycles. The fourth-order valence-electron chi connectivity index (χ4n) is 1.76. The highest BCUT2D eigenvalue weighted by atomic mass is 35.5. The molecule has 0 aromatic heterocycles. The van der Waals surface area contributed by atoms with Crippen LogP contribution in [0.25, 0.3) is 0 Å². The summed E-state index contributed by atoms with van der Waals surface area (Å²) in [6, 6.07) is 6.94. The monoisotopic (exact) mass is 286 g/mol. The van der Waals surface area contributed by atoms with Crippen LogP contribution in [0.2, 0.25) is 5.02 Å². The van der Waals surface area contributed by atoms with Crippen molar-refractivity contribution in [3.8, 4) is 0 Å². The number of carboxylic acid groups (broad SMARTS) is 1. The first-order valence-electron chi connectivity index (χ1n) is 6.20. The number of ether oxygens (including phenoxy) is 2. The van der Waals surface area contributed by atoms with Crippen molar-refractivity contribution in [2.24, 2.45) is 0 Å². The smallest absolute Gasteiger partial charge is 0.311 e. The molecule has 0 bridgehead atoms. The summed E-state index contributed by atoms with van der Waals surface area (Å²) in [5, 5.41) is 9.79. The minimum Gasteiger partial charge on any atom is -0.481 e. The number of hydrogen-bond acceptors (Lipinski definition) is 3. The minimum absolute atomic E-state index is 0.410. The lowest BCUT2D eigenvalue weighted by Gasteiger charge is -2.13. The van der Waals surface area contributed by atoms with Crippen molar-refractivity contribution in [2.45, 2.75) is 18.8 Å². The highest BCUT2D eigenvalue weighted by molar-refractivity contribution is 6.30. The van der Waals surface area contributed by atoms with Crippen LogP contribution in [0.1, 0.15) is 24.3 Å². The van der Waals surface area contributed by atoms with Crippen molar-refractivity contribution < 1.29 is 19.4 Å². The van der Waals surface area contributed by atoms with Crippen LogP contribution >= 0.6 is 11.6 Å². The molecule has 1 aromatic carbocycles. The molecule has 1 rings (SSSR count). The largest absolute Gasteiger partial charge is 0.481 e. The predicted molar refractivity (Wildman–Crippen MR) is 73.8 cm³/mol. The van der Waals surface area contributed by atoms with Gasteiger partial charge in [-0.25, -0.2) is 0 Å². The third kappa shape index (κ3) is 6.05. The Bertz CT molecular complexity index is 395. The molecule has 0 aliphatic heterocycles. The van der Waals surface area contributed by atoms with Gasteiger partial charge >= 0.3 is 5.97 Å². The Kier molecular flexibility index (Phi) is 7.48. The summed E-state index contributed by atoms with van der Waals surface area (Å²) >= 11 is 5.87. The molecule has 106 valence electrons. The van der Waals surface area contributed by atoms with Gasteiger partial charge in [-0.05, 0) is 30.5 Å². The number of methoxy groups -OCH3 is 1. The van der Waals surface area contributed by atoms with Crippen LogP contribution in [-0.2, 0) is 14.3 Å². The van der Waals surface area contributed by atoms with Crippen LogP contribution in [0.15, 0.2) is 24.3 Å². The van der Waals surface area contributed by atoms with Crippen LogP contribution in [0.3, 0.4) is 0 Å². The zero-order valence-electron chi connectivity index (χ0n) is 11.0. The van der Waals surface area contributed by atoms with Crippen LogP contribution in [0.5, 0.6) is 0 Å². The van der Waals surface area contributed by atoms with E-state index < -0.39 is 11.9 Å². The summed E-state index contributed by atoms with van der Waals surface area (Å²) in [5.74, 6) is -1.44. The second kappa shape index (κ2) is 8.91. The standard InChI is InChI=1S/C14H19ClO4/c1-18-7-3-8-19-9-6-13(14(16)17)11-4-2-5-12(15)10-11/h2,4-5,10,13H,3,6-9H2,1H3,(H,16,17). The van der Waals surface area contributed by atoms with Gasteiger partial charge in [-0.15, -0.1) is 0 Å². The molecular formula is C14H19ClO4. The van der Waals surface area contributed by atoms with Crippen molar-refractivity contribution in [2.75, 3.05) is 26.9 Å². The molecule has 1 aromatic rings. The maximum absolute atomic E-state index is 11.3. The fourth-order valence-corrected chi connectivity index (χ4v) is 1.96. The SMILES string of the molecule is COCCCOCCC(C(=O)O)c1cccc(Cl)c1. The Morgan fingerprint density at radius 3 is 2.79 bits per heavy atom. The van der Waals surface area contributed by atoms with Crippen LogP contribution < -0.4 is 0 Å². The Balaban J connectivity index is 2.44. The highest BCUT2D eigenvalue weighted by Gasteiger charge is 2.19. The molecule has 4 nitrogen and oxygen atoms in total. The Hall–Kier alpha value is -1.10. The van der Waals surface area contributed by atoms with E-state index in [1.54, 1.807) is 31.4 Å². The molecule has 0 heterocycles. The predicted octanol–water partition coefficient (Wildman–Crippen LogP) is 2.95. The lowest BCUT2D eigenvalue weighted by Crippen LogP contribution is -2.14. The number of rotatable bonds is 9. The number of benzene rings is 1. The number of aliphatic carboxylic acids is 1. The van der Waals surface area contributed by atoms with Gasteiger partial charge in [0.2, 0.25) is 0 Å². The molecule has 1 atom stereocenters. The van der Waals surface area contributed by atoms with E-state index in [0.29, 0.717) is 36.8 Å². The third-order valence-corrected chi connectivity index (χ3v) is 2.97. The average Bonchev–Trinajstić information content (AvgIpc) is 2.37.